The van der Waals surface area contributed by atoms with Gasteiger partial charge in [0, 0.05) is 12.2 Å². The van der Waals surface area contributed by atoms with Crippen LogP contribution in [0.2, 0.25) is 0 Å². The average molecular weight is 428 g/mol. The summed E-state index contributed by atoms with van der Waals surface area (Å²) in [5.74, 6) is 1.94. The largest absolute Gasteiger partial charge is 0.497 e. The minimum atomic E-state index is -0.604. The minimum absolute atomic E-state index is 0.0226. The fourth-order valence-electron chi connectivity index (χ4n) is 3.03. The Morgan fingerprint density at radius 1 is 1.13 bits per heavy atom. The van der Waals surface area contributed by atoms with Crippen LogP contribution in [0.3, 0.4) is 0 Å². The van der Waals surface area contributed by atoms with Crippen molar-refractivity contribution >= 4 is 23.4 Å². The van der Waals surface area contributed by atoms with E-state index in [9.17, 15) is 9.59 Å². The number of benzene rings is 2. The van der Waals surface area contributed by atoms with E-state index in [1.54, 1.807) is 51.0 Å². The molecule has 1 aliphatic heterocycles. The molecule has 0 radical (unpaired) electrons. The highest BCUT2D eigenvalue weighted by Gasteiger charge is 2.26. The molecule has 31 heavy (non-hydrogen) atoms. The Morgan fingerprint density at radius 2 is 1.84 bits per heavy atom. The van der Waals surface area contributed by atoms with Crippen molar-refractivity contribution in [2.75, 3.05) is 37.1 Å². The molecule has 1 heterocycles. The topological polar surface area (TPSA) is 86.3 Å². The zero-order valence-corrected chi connectivity index (χ0v) is 18.3. The standard InChI is InChI=1S/C23H28N2O6/c1-23(2,3)31-22(27)24-16-6-11-20-19(14-16)25(21(26)15-30-20)12-5-13-29-18-9-7-17(28-4)8-10-18/h6-11,14H,5,12-13,15H2,1-4H3,(H,24,27). The molecule has 2 aromatic carbocycles. The third-order valence-corrected chi connectivity index (χ3v) is 4.40. The van der Waals surface area contributed by atoms with E-state index in [-0.39, 0.29) is 12.5 Å². The fraction of sp³-hybridized carbons (Fsp3) is 0.391. The molecule has 0 bridgehead atoms. The van der Waals surface area contributed by atoms with Gasteiger partial charge < -0.3 is 23.8 Å². The summed E-state index contributed by atoms with van der Waals surface area (Å²) < 4.78 is 21.7. The van der Waals surface area contributed by atoms with E-state index in [2.05, 4.69) is 5.32 Å². The lowest BCUT2D eigenvalue weighted by molar-refractivity contribution is -0.121. The monoisotopic (exact) mass is 428 g/mol. The Labute approximate surface area is 182 Å². The molecule has 1 aliphatic rings. The molecule has 0 unspecified atom stereocenters. The van der Waals surface area contributed by atoms with Crippen molar-refractivity contribution in [3.63, 3.8) is 0 Å². The number of fused-ring (bicyclic) bond motifs is 1. The van der Waals surface area contributed by atoms with Gasteiger partial charge in [-0.15, -0.1) is 0 Å². The van der Waals surface area contributed by atoms with Crippen LogP contribution in [-0.4, -0.2) is 44.5 Å². The fourth-order valence-corrected chi connectivity index (χ4v) is 3.03. The number of nitrogens with one attached hydrogen (secondary N) is 1. The number of amides is 2. The molecule has 0 spiro atoms. The molecule has 0 aliphatic carbocycles. The van der Waals surface area contributed by atoms with Crippen molar-refractivity contribution in [2.24, 2.45) is 0 Å². The second-order valence-corrected chi connectivity index (χ2v) is 8.02. The molecule has 2 amide bonds. The molecule has 166 valence electrons. The van der Waals surface area contributed by atoms with E-state index in [4.69, 9.17) is 18.9 Å². The zero-order chi connectivity index (χ0) is 22.4. The SMILES string of the molecule is COc1ccc(OCCCN2C(=O)COc3ccc(NC(=O)OC(C)(C)C)cc32)cc1. The van der Waals surface area contributed by atoms with E-state index >= 15 is 0 Å². The third-order valence-electron chi connectivity index (χ3n) is 4.40. The molecular formula is C23H28N2O6. The van der Waals surface area contributed by atoms with Gasteiger partial charge in [-0.05, 0) is 69.7 Å². The second-order valence-electron chi connectivity index (χ2n) is 8.02. The first kappa shape index (κ1) is 22.3. The van der Waals surface area contributed by atoms with Crippen LogP contribution in [0.15, 0.2) is 42.5 Å². The number of hydrogen-bond donors (Lipinski definition) is 1. The normalized spacial score (nSPS) is 13.2. The lowest BCUT2D eigenvalue weighted by atomic mass is 10.2. The highest BCUT2D eigenvalue weighted by Crippen LogP contribution is 2.35. The maximum absolute atomic E-state index is 12.4. The number of ether oxygens (including phenoxy) is 4. The van der Waals surface area contributed by atoms with Gasteiger partial charge in [-0.1, -0.05) is 0 Å². The van der Waals surface area contributed by atoms with Crippen LogP contribution >= 0.6 is 0 Å². The average Bonchev–Trinajstić information content (AvgIpc) is 2.71. The minimum Gasteiger partial charge on any atom is -0.497 e. The van der Waals surface area contributed by atoms with Gasteiger partial charge in [0.25, 0.3) is 5.91 Å². The first-order chi connectivity index (χ1) is 14.7. The van der Waals surface area contributed by atoms with Gasteiger partial charge in [-0.25, -0.2) is 4.79 Å². The summed E-state index contributed by atoms with van der Waals surface area (Å²) in [7, 11) is 1.61. The van der Waals surface area contributed by atoms with Crippen molar-refractivity contribution in [2.45, 2.75) is 32.8 Å². The maximum Gasteiger partial charge on any atom is 0.412 e. The summed E-state index contributed by atoms with van der Waals surface area (Å²) in [6.45, 7) is 6.26. The smallest absolute Gasteiger partial charge is 0.412 e. The van der Waals surface area contributed by atoms with Crippen molar-refractivity contribution in [3.05, 3.63) is 42.5 Å². The van der Waals surface area contributed by atoms with Crippen molar-refractivity contribution in [1.29, 1.82) is 0 Å². The predicted octanol–water partition coefficient (Wildman–Crippen LogP) is 4.24. The number of rotatable bonds is 7. The van der Waals surface area contributed by atoms with Crippen LogP contribution in [0, 0.1) is 0 Å². The number of hydrogen-bond acceptors (Lipinski definition) is 6. The Morgan fingerprint density at radius 3 is 2.52 bits per heavy atom. The number of anilines is 2. The van der Waals surface area contributed by atoms with Crippen LogP contribution in [0.5, 0.6) is 17.2 Å². The number of carbonyl (C=O) groups is 2. The summed E-state index contributed by atoms with van der Waals surface area (Å²) in [6.07, 6.45) is 0.0657. The van der Waals surface area contributed by atoms with Gasteiger partial charge in [-0.2, -0.15) is 0 Å². The second kappa shape index (κ2) is 9.59. The molecule has 0 fully saturated rings. The molecular weight excluding hydrogens is 400 g/mol. The molecule has 3 rings (SSSR count). The Balaban J connectivity index is 1.61. The Hall–Kier alpha value is -3.42. The maximum atomic E-state index is 12.4. The van der Waals surface area contributed by atoms with E-state index in [1.807, 2.05) is 24.3 Å². The molecule has 8 heteroatoms. The predicted molar refractivity (Wildman–Crippen MR) is 117 cm³/mol. The quantitative estimate of drug-likeness (QED) is 0.664. The number of carbonyl (C=O) groups excluding carboxylic acids is 2. The van der Waals surface area contributed by atoms with Crippen LogP contribution in [0.25, 0.3) is 0 Å². The Bertz CT molecular complexity index is 921. The van der Waals surface area contributed by atoms with E-state index in [0.29, 0.717) is 36.7 Å². The van der Waals surface area contributed by atoms with Crippen molar-refractivity contribution < 1.29 is 28.5 Å². The van der Waals surface area contributed by atoms with Gasteiger partial charge in [0.2, 0.25) is 0 Å². The van der Waals surface area contributed by atoms with Crippen LogP contribution in [-0.2, 0) is 9.53 Å². The lowest BCUT2D eigenvalue weighted by Crippen LogP contribution is -2.40. The van der Waals surface area contributed by atoms with Crippen LogP contribution in [0.1, 0.15) is 27.2 Å². The van der Waals surface area contributed by atoms with E-state index in [0.717, 1.165) is 11.5 Å². The van der Waals surface area contributed by atoms with Gasteiger partial charge in [-0.3, -0.25) is 10.1 Å². The molecule has 8 nitrogen and oxygen atoms in total. The van der Waals surface area contributed by atoms with Crippen molar-refractivity contribution in [1.82, 2.24) is 0 Å². The highest BCUT2D eigenvalue weighted by molar-refractivity contribution is 5.99. The van der Waals surface area contributed by atoms with Crippen LogP contribution in [0.4, 0.5) is 16.2 Å². The van der Waals surface area contributed by atoms with E-state index in [1.165, 1.54) is 0 Å². The van der Waals surface area contributed by atoms with Gasteiger partial charge in [0.15, 0.2) is 6.61 Å². The number of methoxy groups -OCH3 is 1. The molecule has 2 aromatic rings. The zero-order valence-electron chi connectivity index (χ0n) is 18.3. The van der Waals surface area contributed by atoms with E-state index < -0.39 is 11.7 Å². The summed E-state index contributed by atoms with van der Waals surface area (Å²) in [6, 6.07) is 12.5. The third kappa shape index (κ3) is 6.28. The highest BCUT2D eigenvalue weighted by atomic mass is 16.6. The van der Waals surface area contributed by atoms with Gasteiger partial charge in [0.05, 0.1) is 19.4 Å². The molecule has 0 atom stereocenters. The first-order valence-corrected chi connectivity index (χ1v) is 10.1. The molecule has 0 saturated heterocycles. The molecule has 1 N–H and O–H groups in total. The Kier molecular flexibility index (Phi) is 6.89. The summed E-state index contributed by atoms with van der Waals surface area (Å²) in [4.78, 5) is 26.2. The van der Waals surface area contributed by atoms with Gasteiger partial charge >= 0.3 is 6.09 Å². The lowest BCUT2D eigenvalue weighted by Gasteiger charge is -2.30. The summed E-state index contributed by atoms with van der Waals surface area (Å²) in [5.41, 5.74) is 0.521. The van der Waals surface area contributed by atoms with Gasteiger partial charge in [0.1, 0.15) is 22.8 Å². The van der Waals surface area contributed by atoms with Crippen LogP contribution < -0.4 is 24.4 Å². The molecule has 0 aromatic heterocycles. The first-order valence-electron chi connectivity index (χ1n) is 10.1. The summed E-state index contributed by atoms with van der Waals surface area (Å²) >= 11 is 0. The van der Waals surface area contributed by atoms with Crippen molar-refractivity contribution in [3.8, 4) is 17.2 Å². The number of nitrogens with zero attached hydrogens (tertiary/aromatic N) is 1. The molecule has 0 saturated carbocycles. The summed E-state index contributed by atoms with van der Waals surface area (Å²) in [5, 5.41) is 2.69.